The lowest BCUT2D eigenvalue weighted by atomic mass is 10.0. The Kier molecular flexibility index (Phi) is 6.10. The van der Waals surface area contributed by atoms with Gasteiger partial charge in [-0.25, -0.2) is 0 Å². The molecular formula is C18H23NO2. The zero-order chi connectivity index (χ0) is 14.9. The molecule has 1 N–H and O–H groups in total. The molecule has 0 aliphatic heterocycles. The maximum absolute atomic E-state index is 5.67. The van der Waals surface area contributed by atoms with Gasteiger partial charge in [-0.1, -0.05) is 37.3 Å². The highest BCUT2D eigenvalue weighted by Crippen LogP contribution is 2.16. The Bertz CT molecular complexity index is 511. The van der Waals surface area contributed by atoms with Gasteiger partial charge in [0.25, 0.3) is 0 Å². The van der Waals surface area contributed by atoms with E-state index in [1.54, 1.807) is 7.11 Å². The summed E-state index contributed by atoms with van der Waals surface area (Å²) in [4.78, 5) is 0. The Morgan fingerprint density at radius 1 is 0.952 bits per heavy atom. The lowest BCUT2D eigenvalue weighted by molar-refractivity contribution is 0.312. The zero-order valence-corrected chi connectivity index (χ0v) is 12.7. The molecule has 3 nitrogen and oxygen atoms in total. The van der Waals surface area contributed by atoms with E-state index >= 15 is 0 Å². The Morgan fingerprint density at radius 3 is 2.29 bits per heavy atom. The van der Waals surface area contributed by atoms with Crippen LogP contribution in [-0.4, -0.2) is 26.8 Å². The molecule has 0 aliphatic carbocycles. The van der Waals surface area contributed by atoms with Crippen LogP contribution in [0.3, 0.4) is 0 Å². The van der Waals surface area contributed by atoms with Gasteiger partial charge in [0.2, 0.25) is 0 Å². The van der Waals surface area contributed by atoms with E-state index < -0.39 is 0 Å². The van der Waals surface area contributed by atoms with Crippen molar-refractivity contribution in [3.8, 4) is 11.5 Å². The maximum atomic E-state index is 5.67. The summed E-state index contributed by atoms with van der Waals surface area (Å²) in [6, 6.07) is 18.2. The van der Waals surface area contributed by atoms with Gasteiger partial charge in [-0.3, -0.25) is 0 Å². The summed E-state index contributed by atoms with van der Waals surface area (Å²) in [5.74, 6) is 2.22. The van der Waals surface area contributed by atoms with Crippen molar-refractivity contribution in [1.29, 1.82) is 0 Å². The molecule has 3 heteroatoms. The number of hydrogen-bond donors (Lipinski definition) is 1. The average Bonchev–Trinajstić information content (AvgIpc) is 2.55. The molecule has 2 aromatic rings. The lowest BCUT2D eigenvalue weighted by Crippen LogP contribution is -2.25. The Labute approximate surface area is 126 Å². The summed E-state index contributed by atoms with van der Waals surface area (Å²) < 4.78 is 10.8. The van der Waals surface area contributed by atoms with E-state index in [2.05, 4.69) is 36.5 Å². The first-order valence-corrected chi connectivity index (χ1v) is 7.32. The molecule has 0 heterocycles. The molecular weight excluding hydrogens is 262 g/mol. The van der Waals surface area contributed by atoms with E-state index in [4.69, 9.17) is 9.47 Å². The molecule has 21 heavy (non-hydrogen) atoms. The molecule has 0 aromatic heterocycles. The standard InChI is InChI=1S/C18H23NO2/c1-15(16-6-4-3-5-7-16)14-19-12-13-21-18-10-8-17(20-2)9-11-18/h3-11,15,19H,12-14H2,1-2H3. The van der Waals surface area contributed by atoms with Crippen LogP contribution in [0.4, 0.5) is 0 Å². The van der Waals surface area contributed by atoms with E-state index in [1.165, 1.54) is 5.56 Å². The fourth-order valence-electron chi connectivity index (χ4n) is 2.13. The SMILES string of the molecule is COc1ccc(OCCNCC(C)c2ccccc2)cc1. The highest BCUT2D eigenvalue weighted by Gasteiger charge is 2.03. The van der Waals surface area contributed by atoms with E-state index in [0.29, 0.717) is 12.5 Å². The predicted octanol–water partition coefficient (Wildman–Crippen LogP) is 3.47. The first-order valence-electron chi connectivity index (χ1n) is 7.32. The normalized spacial score (nSPS) is 11.9. The maximum Gasteiger partial charge on any atom is 0.119 e. The third-order valence-electron chi connectivity index (χ3n) is 3.43. The van der Waals surface area contributed by atoms with Crippen LogP contribution in [-0.2, 0) is 0 Å². The van der Waals surface area contributed by atoms with Crippen LogP contribution in [0, 0.1) is 0 Å². The Balaban J connectivity index is 1.63. The topological polar surface area (TPSA) is 30.5 Å². The Hall–Kier alpha value is -2.00. The van der Waals surface area contributed by atoms with Crippen LogP contribution in [0.2, 0.25) is 0 Å². The lowest BCUT2D eigenvalue weighted by Gasteiger charge is -2.13. The molecule has 2 rings (SSSR count). The Morgan fingerprint density at radius 2 is 1.62 bits per heavy atom. The van der Waals surface area contributed by atoms with E-state index in [-0.39, 0.29) is 0 Å². The molecule has 0 saturated carbocycles. The van der Waals surface area contributed by atoms with E-state index in [1.807, 2.05) is 30.3 Å². The van der Waals surface area contributed by atoms with Crippen molar-refractivity contribution in [2.24, 2.45) is 0 Å². The molecule has 0 bridgehead atoms. The minimum Gasteiger partial charge on any atom is -0.497 e. The van der Waals surface area contributed by atoms with Gasteiger partial charge in [-0.2, -0.15) is 0 Å². The first-order chi connectivity index (χ1) is 10.3. The largest absolute Gasteiger partial charge is 0.497 e. The molecule has 0 aliphatic rings. The van der Waals surface area contributed by atoms with Gasteiger partial charge >= 0.3 is 0 Å². The summed E-state index contributed by atoms with van der Waals surface area (Å²) in [6.45, 7) is 4.68. The van der Waals surface area contributed by atoms with Gasteiger partial charge in [0, 0.05) is 13.1 Å². The fourth-order valence-corrected chi connectivity index (χ4v) is 2.13. The molecule has 1 atom stereocenters. The second-order valence-corrected chi connectivity index (χ2v) is 5.04. The fraction of sp³-hybridized carbons (Fsp3) is 0.333. The number of ether oxygens (including phenoxy) is 2. The zero-order valence-electron chi connectivity index (χ0n) is 12.7. The monoisotopic (exact) mass is 285 g/mol. The van der Waals surface area contributed by atoms with Crippen molar-refractivity contribution >= 4 is 0 Å². The minimum absolute atomic E-state index is 0.507. The second-order valence-electron chi connectivity index (χ2n) is 5.04. The van der Waals surface area contributed by atoms with Gasteiger partial charge in [-0.15, -0.1) is 0 Å². The van der Waals surface area contributed by atoms with Crippen LogP contribution >= 0.6 is 0 Å². The van der Waals surface area contributed by atoms with Crippen LogP contribution in [0.1, 0.15) is 18.4 Å². The summed E-state index contributed by atoms with van der Waals surface area (Å²) in [5.41, 5.74) is 1.36. The molecule has 1 unspecified atom stereocenters. The van der Waals surface area contributed by atoms with Crippen LogP contribution < -0.4 is 14.8 Å². The van der Waals surface area contributed by atoms with Crippen molar-refractivity contribution in [1.82, 2.24) is 5.32 Å². The van der Waals surface area contributed by atoms with Crippen LogP contribution in [0.15, 0.2) is 54.6 Å². The van der Waals surface area contributed by atoms with Crippen molar-refractivity contribution in [2.75, 3.05) is 26.8 Å². The number of hydrogen-bond acceptors (Lipinski definition) is 3. The molecule has 2 aromatic carbocycles. The van der Waals surface area contributed by atoms with Gasteiger partial charge in [0.05, 0.1) is 7.11 Å². The van der Waals surface area contributed by atoms with Crippen LogP contribution in [0.25, 0.3) is 0 Å². The summed E-state index contributed by atoms with van der Waals surface area (Å²) in [7, 11) is 1.66. The van der Waals surface area contributed by atoms with Crippen molar-refractivity contribution in [3.05, 3.63) is 60.2 Å². The summed E-state index contributed by atoms with van der Waals surface area (Å²) in [5, 5.41) is 3.43. The smallest absolute Gasteiger partial charge is 0.119 e. The number of nitrogens with one attached hydrogen (secondary N) is 1. The summed E-state index contributed by atoms with van der Waals surface area (Å²) >= 11 is 0. The third kappa shape index (κ3) is 5.12. The average molecular weight is 285 g/mol. The van der Waals surface area contributed by atoms with Crippen molar-refractivity contribution < 1.29 is 9.47 Å². The minimum atomic E-state index is 0.507. The van der Waals surface area contributed by atoms with Gasteiger partial charge in [-0.05, 0) is 35.7 Å². The highest BCUT2D eigenvalue weighted by atomic mass is 16.5. The molecule has 0 saturated heterocycles. The van der Waals surface area contributed by atoms with Crippen LogP contribution in [0.5, 0.6) is 11.5 Å². The quantitative estimate of drug-likeness (QED) is 0.753. The molecule has 0 spiro atoms. The second kappa shape index (κ2) is 8.32. The van der Waals surface area contributed by atoms with Gasteiger partial charge in [0.1, 0.15) is 18.1 Å². The molecule has 0 radical (unpaired) electrons. The van der Waals surface area contributed by atoms with Crippen molar-refractivity contribution in [3.63, 3.8) is 0 Å². The molecule has 112 valence electrons. The summed E-state index contributed by atoms with van der Waals surface area (Å²) in [6.07, 6.45) is 0. The van der Waals surface area contributed by atoms with E-state index in [0.717, 1.165) is 24.6 Å². The highest BCUT2D eigenvalue weighted by molar-refractivity contribution is 5.31. The van der Waals surface area contributed by atoms with E-state index in [9.17, 15) is 0 Å². The van der Waals surface area contributed by atoms with Crippen molar-refractivity contribution in [2.45, 2.75) is 12.8 Å². The molecule has 0 fully saturated rings. The molecule has 0 amide bonds. The van der Waals surface area contributed by atoms with Gasteiger partial charge in [0.15, 0.2) is 0 Å². The predicted molar refractivity (Wildman–Crippen MR) is 86.2 cm³/mol. The number of benzene rings is 2. The third-order valence-corrected chi connectivity index (χ3v) is 3.43. The van der Waals surface area contributed by atoms with Gasteiger partial charge < -0.3 is 14.8 Å². The number of rotatable bonds is 8. The first kappa shape index (κ1) is 15.4. The number of methoxy groups -OCH3 is 1.